The maximum atomic E-state index is 10.6. The zero-order chi connectivity index (χ0) is 14.1. The van der Waals surface area contributed by atoms with Gasteiger partial charge in [-0.2, -0.15) is 0 Å². The maximum absolute atomic E-state index is 10.6. The summed E-state index contributed by atoms with van der Waals surface area (Å²) in [5.41, 5.74) is 5.12. The molecule has 0 amide bonds. The molecule has 0 unspecified atom stereocenters. The van der Waals surface area contributed by atoms with Crippen LogP contribution in [0.25, 0.3) is 11.2 Å². The van der Waals surface area contributed by atoms with Crippen molar-refractivity contribution >= 4 is 17.0 Å². The number of aliphatic hydroxyl groups excluding tert-OH is 2. The SMILES string of the molecule is Nc1ncnc2c1nc1n2[C@@H]2O[C@H](CO)[C@@H](O)[C@]2(O)C1. The minimum absolute atomic E-state index is 0.102. The van der Waals surface area contributed by atoms with Crippen LogP contribution >= 0.6 is 0 Å². The van der Waals surface area contributed by atoms with Crippen molar-refractivity contribution in [2.45, 2.75) is 30.5 Å². The number of anilines is 1. The fourth-order valence-corrected chi connectivity index (χ4v) is 3.04. The Kier molecular flexibility index (Phi) is 2.18. The summed E-state index contributed by atoms with van der Waals surface area (Å²) in [6, 6.07) is 0. The molecule has 0 bridgehead atoms. The first kappa shape index (κ1) is 12.0. The fraction of sp³-hybridized carbons (Fsp3) is 0.545. The van der Waals surface area contributed by atoms with Crippen molar-refractivity contribution in [1.29, 1.82) is 0 Å². The van der Waals surface area contributed by atoms with E-state index in [2.05, 4.69) is 15.0 Å². The molecule has 2 aromatic rings. The smallest absolute Gasteiger partial charge is 0.169 e. The summed E-state index contributed by atoms with van der Waals surface area (Å²) in [6.45, 7) is -0.376. The van der Waals surface area contributed by atoms with Gasteiger partial charge in [-0.05, 0) is 0 Å². The Morgan fingerprint density at radius 1 is 1.50 bits per heavy atom. The Labute approximate surface area is 112 Å². The molecule has 2 aliphatic rings. The predicted molar refractivity (Wildman–Crippen MR) is 65.4 cm³/mol. The first-order valence-electron chi connectivity index (χ1n) is 6.20. The molecule has 2 aliphatic heterocycles. The highest BCUT2D eigenvalue weighted by Gasteiger charge is 2.61. The molecule has 0 radical (unpaired) electrons. The summed E-state index contributed by atoms with van der Waals surface area (Å²) in [7, 11) is 0. The number of nitrogens with two attached hydrogens (primary N) is 1. The van der Waals surface area contributed by atoms with Crippen molar-refractivity contribution in [3.05, 3.63) is 12.2 Å². The van der Waals surface area contributed by atoms with Gasteiger partial charge in [-0.15, -0.1) is 0 Å². The van der Waals surface area contributed by atoms with Crippen LogP contribution in [0.3, 0.4) is 0 Å². The van der Waals surface area contributed by atoms with Crippen molar-refractivity contribution in [1.82, 2.24) is 19.5 Å². The summed E-state index contributed by atoms with van der Waals surface area (Å²) in [4.78, 5) is 12.3. The van der Waals surface area contributed by atoms with E-state index in [1.165, 1.54) is 6.33 Å². The quantitative estimate of drug-likeness (QED) is 0.467. The molecule has 9 nitrogen and oxygen atoms in total. The first-order chi connectivity index (χ1) is 9.56. The lowest BCUT2D eigenvalue weighted by Gasteiger charge is -2.24. The van der Waals surface area contributed by atoms with Gasteiger partial charge < -0.3 is 25.8 Å². The molecular formula is C11H13N5O4. The van der Waals surface area contributed by atoms with E-state index in [9.17, 15) is 15.3 Å². The van der Waals surface area contributed by atoms with E-state index in [0.717, 1.165) is 0 Å². The summed E-state index contributed by atoms with van der Waals surface area (Å²) < 4.78 is 7.16. The standard InChI is InChI=1S/C11H13N5O4/c12-8-6-9(14-3-13-8)16-5(15-6)1-11(19)7(18)4(2-17)20-10(11)16/h3-4,7,10,17-19H,1-2H2,(H2,12,13,14)/t4-,7-,10-,11-/m1/s1. The molecule has 20 heavy (non-hydrogen) atoms. The number of imidazole rings is 1. The topological polar surface area (TPSA) is 140 Å². The zero-order valence-corrected chi connectivity index (χ0v) is 10.3. The summed E-state index contributed by atoms with van der Waals surface area (Å²) >= 11 is 0. The summed E-state index contributed by atoms with van der Waals surface area (Å²) in [5.74, 6) is 0.771. The van der Waals surface area contributed by atoms with Gasteiger partial charge in [0.05, 0.1) is 6.61 Å². The second-order valence-electron chi connectivity index (χ2n) is 5.15. The fourth-order valence-electron chi connectivity index (χ4n) is 3.04. The Bertz CT molecular complexity index is 703. The summed E-state index contributed by atoms with van der Waals surface area (Å²) in [5, 5.41) is 29.9. The lowest BCUT2D eigenvalue weighted by atomic mass is 9.93. The molecule has 4 heterocycles. The lowest BCUT2D eigenvalue weighted by Crippen LogP contribution is -2.45. The second-order valence-corrected chi connectivity index (χ2v) is 5.15. The molecule has 0 aromatic carbocycles. The van der Waals surface area contributed by atoms with E-state index < -0.39 is 24.0 Å². The van der Waals surface area contributed by atoms with Crippen LogP contribution in [0.15, 0.2) is 6.33 Å². The largest absolute Gasteiger partial charge is 0.394 e. The Morgan fingerprint density at radius 2 is 2.30 bits per heavy atom. The Morgan fingerprint density at radius 3 is 3.05 bits per heavy atom. The number of aliphatic hydroxyl groups is 3. The molecule has 0 aliphatic carbocycles. The highest BCUT2D eigenvalue weighted by molar-refractivity contribution is 5.82. The van der Waals surface area contributed by atoms with Crippen molar-refractivity contribution in [3.8, 4) is 0 Å². The number of ether oxygens (including phenoxy) is 1. The molecular weight excluding hydrogens is 266 g/mol. The van der Waals surface area contributed by atoms with E-state index >= 15 is 0 Å². The molecule has 9 heteroatoms. The van der Waals surface area contributed by atoms with Crippen molar-refractivity contribution in [2.75, 3.05) is 12.3 Å². The van der Waals surface area contributed by atoms with Crippen LogP contribution in [0.5, 0.6) is 0 Å². The van der Waals surface area contributed by atoms with Crippen molar-refractivity contribution in [3.63, 3.8) is 0 Å². The van der Waals surface area contributed by atoms with Gasteiger partial charge in [0, 0.05) is 6.42 Å². The van der Waals surface area contributed by atoms with E-state index in [-0.39, 0.29) is 18.8 Å². The molecule has 1 saturated heterocycles. The van der Waals surface area contributed by atoms with Crippen molar-refractivity contribution < 1.29 is 20.1 Å². The highest BCUT2D eigenvalue weighted by atomic mass is 16.6. The number of rotatable bonds is 1. The zero-order valence-electron chi connectivity index (χ0n) is 10.3. The third kappa shape index (κ3) is 1.23. The number of fused-ring (bicyclic) bond motifs is 5. The highest BCUT2D eigenvalue weighted by Crippen LogP contribution is 2.47. The van der Waals surface area contributed by atoms with Gasteiger partial charge in [0.2, 0.25) is 0 Å². The van der Waals surface area contributed by atoms with Gasteiger partial charge in [0.15, 0.2) is 23.2 Å². The second kappa shape index (κ2) is 3.64. The maximum Gasteiger partial charge on any atom is 0.169 e. The van der Waals surface area contributed by atoms with E-state index in [4.69, 9.17) is 10.5 Å². The Balaban J connectivity index is 1.91. The predicted octanol–water partition coefficient (Wildman–Crippen LogP) is -2.05. The summed E-state index contributed by atoms with van der Waals surface area (Å²) in [6.07, 6.45) is -1.46. The van der Waals surface area contributed by atoms with E-state index in [0.29, 0.717) is 17.0 Å². The third-order valence-electron chi connectivity index (χ3n) is 4.03. The van der Waals surface area contributed by atoms with Gasteiger partial charge in [-0.3, -0.25) is 4.57 Å². The van der Waals surface area contributed by atoms with Gasteiger partial charge in [0.25, 0.3) is 0 Å². The van der Waals surface area contributed by atoms with Gasteiger partial charge >= 0.3 is 0 Å². The van der Waals surface area contributed by atoms with Crippen molar-refractivity contribution in [2.24, 2.45) is 0 Å². The number of hydrogen-bond acceptors (Lipinski definition) is 8. The van der Waals surface area contributed by atoms with E-state index in [1.807, 2.05) is 0 Å². The minimum atomic E-state index is -1.51. The van der Waals surface area contributed by atoms with Crippen LogP contribution < -0.4 is 5.73 Å². The lowest BCUT2D eigenvalue weighted by molar-refractivity contribution is -0.0874. The number of nitrogens with zero attached hydrogens (tertiary/aromatic N) is 4. The molecule has 2 aromatic heterocycles. The minimum Gasteiger partial charge on any atom is -0.394 e. The number of hydrogen-bond donors (Lipinski definition) is 4. The molecule has 5 N–H and O–H groups in total. The molecule has 4 rings (SSSR count). The monoisotopic (exact) mass is 279 g/mol. The molecule has 0 spiro atoms. The van der Waals surface area contributed by atoms with Crippen LogP contribution in [-0.2, 0) is 11.2 Å². The van der Waals surface area contributed by atoms with Gasteiger partial charge in [-0.25, -0.2) is 15.0 Å². The molecule has 4 atom stereocenters. The van der Waals surface area contributed by atoms with Crippen LogP contribution in [-0.4, -0.2) is 59.3 Å². The average Bonchev–Trinajstić information content (AvgIpc) is 2.98. The third-order valence-corrected chi connectivity index (χ3v) is 4.03. The Hall–Kier alpha value is -1.81. The van der Waals surface area contributed by atoms with E-state index in [1.54, 1.807) is 4.57 Å². The van der Waals surface area contributed by atoms with Crippen LogP contribution in [0, 0.1) is 0 Å². The normalized spacial score (nSPS) is 35.5. The first-order valence-corrected chi connectivity index (χ1v) is 6.20. The molecule has 106 valence electrons. The molecule has 0 saturated carbocycles. The molecule has 1 fully saturated rings. The van der Waals surface area contributed by atoms with Crippen LogP contribution in [0.2, 0.25) is 0 Å². The average molecular weight is 279 g/mol. The van der Waals surface area contributed by atoms with Gasteiger partial charge in [0.1, 0.15) is 30.0 Å². The number of aromatic nitrogens is 4. The van der Waals surface area contributed by atoms with Gasteiger partial charge in [-0.1, -0.05) is 0 Å². The van der Waals surface area contributed by atoms with Crippen LogP contribution in [0.1, 0.15) is 12.1 Å². The van der Waals surface area contributed by atoms with Crippen LogP contribution in [0.4, 0.5) is 5.82 Å². The number of nitrogen functional groups attached to an aromatic ring is 1.